The van der Waals surface area contributed by atoms with Crippen LogP contribution in [0.15, 0.2) is 0 Å². The number of amides is 1. The van der Waals surface area contributed by atoms with Gasteiger partial charge in [0.05, 0.1) is 6.10 Å². The first-order chi connectivity index (χ1) is 7.25. The standard InChI is InChI=1S/C10H18F3NO2/c1-8(2)16-7-5-4-6-14(3)9(15)10(11,12)13/h8H,4-7H2,1-3H3. The van der Waals surface area contributed by atoms with Crippen molar-refractivity contribution in [2.45, 2.75) is 39.0 Å². The second-order valence-corrected chi connectivity index (χ2v) is 3.85. The molecule has 0 bridgehead atoms. The van der Waals surface area contributed by atoms with Gasteiger partial charge in [-0.3, -0.25) is 4.79 Å². The largest absolute Gasteiger partial charge is 0.471 e. The fourth-order valence-corrected chi connectivity index (χ4v) is 1.09. The Morgan fingerprint density at radius 3 is 2.31 bits per heavy atom. The summed E-state index contributed by atoms with van der Waals surface area (Å²) in [4.78, 5) is 11.4. The molecule has 0 rings (SSSR count). The Balaban J connectivity index is 3.66. The number of nitrogens with zero attached hydrogens (tertiary/aromatic N) is 1. The van der Waals surface area contributed by atoms with E-state index in [0.717, 1.165) is 7.05 Å². The van der Waals surface area contributed by atoms with Gasteiger partial charge < -0.3 is 9.64 Å². The van der Waals surface area contributed by atoms with Gasteiger partial charge in [0.1, 0.15) is 0 Å². The van der Waals surface area contributed by atoms with Crippen molar-refractivity contribution in [3.8, 4) is 0 Å². The van der Waals surface area contributed by atoms with E-state index in [-0.39, 0.29) is 12.6 Å². The van der Waals surface area contributed by atoms with E-state index >= 15 is 0 Å². The Morgan fingerprint density at radius 2 is 1.88 bits per heavy atom. The van der Waals surface area contributed by atoms with Gasteiger partial charge in [-0.05, 0) is 26.7 Å². The molecule has 0 saturated carbocycles. The van der Waals surface area contributed by atoms with E-state index in [9.17, 15) is 18.0 Å². The SMILES string of the molecule is CC(C)OCCCCN(C)C(=O)C(F)(F)F. The zero-order valence-electron chi connectivity index (χ0n) is 9.80. The van der Waals surface area contributed by atoms with Crippen LogP contribution in [0.25, 0.3) is 0 Å². The zero-order chi connectivity index (χ0) is 12.8. The van der Waals surface area contributed by atoms with Crippen LogP contribution in [0.2, 0.25) is 0 Å². The quantitative estimate of drug-likeness (QED) is 0.667. The Hall–Kier alpha value is -0.780. The molecule has 0 aliphatic carbocycles. The minimum atomic E-state index is -4.77. The molecule has 0 aromatic heterocycles. The van der Waals surface area contributed by atoms with Gasteiger partial charge in [-0.2, -0.15) is 13.2 Å². The van der Waals surface area contributed by atoms with E-state index in [1.165, 1.54) is 0 Å². The molecular formula is C10H18F3NO2. The van der Waals surface area contributed by atoms with Crippen LogP contribution in [0.3, 0.4) is 0 Å². The molecule has 0 unspecified atom stereocenters. The maximum atomic E-state index is 12.0. The van der Waals surface area contributed by atoms with E-state index in [2.05, 4.69) is 0 Å². The van der Waals surface area contributed by atoms with Crippen molar-refractivity contribution in [3.63, 3.8) is 0 Å². The third kappa shape index (κ3) is 6.66. The van der Waals surface area contributed by atoms with Crippen molar-refractivity contribution in [1.29, 1.82) is 0 Å². The number of alkyl halides is 3. The molecule has 16 heavy (non-hydrogen) atoms. The molecule has 0 fully saturated rings. The number of halogens is 3. The molecule has 6 heteroatoms. The summed E-state index contributed by atoms with van der Waals surface area (Å²) >= 11 is 0. The third-order valence-corrected chi connectivity index (χ3v) is 1.93. The molecule has 0 aromatic rings. The van der Waals surface area contributed by atoms with Crippen LogP contribution in [0.4, 0.5) is 13.2 Å². The van der Waals surface area contributed by atoms with E-state index in [0.29, 0.717) is 24.3 Å². The maximum absolute atomic E-state index is 12.0. The van der Waals surface area contributed by atoms with Gasteiger partial charge >= 0.3 is 12.1 Å². The second kappa shape index (κ2) is 6.73. The average molecular weight is 241 g/mol. The van der Waals surface area contributed by atoms with Crippen molar-refractivity contribution in [2.24, 2.45) is 0 Å². The fraction of sp³-hybridized carbons (Fsp3) is 0.900. The van der Waals surface area contributed by atoms with E-state index < -0.39 is 12.1 Å². The number of rotatable bonds is 6. The number of carbonyl (C=O) groups excluding carboxylic acids is 1. The van der Waals surface area contributed by atoms with Gasteiger partial charge in [0.15, 0.2) is 0 Å². The lowest BCUT2D eigenvalue weighted by Gasteiger charge is -2.18. The summed E-state index contributed by atoms with van der Waals surface area (Å²) in [5, 5.41) is 0. The number of hydrogen-bond acceptors (Lipinski definition) is 2. The summed E-state index contributed by atoms with van der Waals surface area (Å²) in [6.45, 7) is 4.38. The van der Waals surface area contributed by atoms with Crippen LogP contribution < -0.4 is 0 Å². The maximum Gasteiger partial charge on any atom is 0.471 e. The van der Waals surface area contributed by atoms with Gasteiger partial charge in [-0.25, -0.2) is 0 Å². The molecule has 0 radical (unpaired) electrons. The summed E-state index contributed by atoms with van der Waals surface area (Å²) in [6, 6.07) is 0. The van der Waals surface area contributed by atoms with Crippen LogP contribution in [0.5, 0.6) is 0 Å². The van der Waals surface area contributed by atoms with Crippen molar-refractivity contribution < 1.29 is 22.7 Å². The molecule has 0 aliphatic rings. The Bertz CT molecular complexity index is 217. The highest BCUT2D eigenvalue weighted by molar-refractivity contribution is 5.81. The highest BCUT2D eigenvalue weighted by atomic mass is 19.4. The molecule has 0 heterocycles. The molecule has 0 saturated heterocycles. The van der Waals surface area contributed by atoms with Crippen LogP contribution in [0.1, 0.15) is 26.7 Å². The topological polar surface area (TPSA) is 29.5 Å². The highest BCUT2D eigenvalue weighted by Gasteiger charge is 2.40. The summed E-state index contributed by atoms with van der Waals surface area (Å²) in [7, 11) is 1.15. The van der Waals surface area contributed by atoms with Crippen LogP contribution in [-0.2, 0) is 9.53 Å². The van der Waals surface area contributed by atoms with Crippen LogP contribution in [-0.4, -0.2) is 43.3 Å². The van der Waals surface area contributed by atoms with Crippen molar-refractivity contribution in [3.05, 3.63) is 0 Å². The Labute approximate surface area is 93.6 Å². The van der Waals surface area contributed by atoms with Gasteiger partial charge in [0.25, 0.3) is 0 Å². The normalized spacial score (nSPS) is 11.9. The first kappa shape index (κ1) is 15.2. The fourth-order valence-electron chi connectivity index (χ4n) is 1.09. The van der Waals surface area contributed by atoms with Gasteiger partial charge in [0, 0.05) is 20.2 Å². The number of ether oxygens (including phenoxy) is 1. The molecule has 0 spiro atoms. The van der Waals surface area contributed by atoms with E-state index in [4.69, 9.17) is 4.74 Å². The summed E-state index contributed by atoms with van der Waals surface area (Å²) in [5.41, 5.74) is 0. The lowest BCUT2D eigenvalue weighted by atomic mass is 10.3. The van der Waals surface area contributed by atoms with Crippen molar-refractivity contribution >= 4 is 5.91 Å². The second-order valence-electron chi connectivity index (χ2n) is 3.85. The monoisotopic (exact) mass is 241 g/mol. The molecule has 0 aromatic carbocycles. The van der Waals surface area contributed by atoms with Crippen molar-refractivity contribution in [2.75, 3.05) is 20.2 Å². The minimum absolute atomic E-state index is 0.0970. The molecular weight excluding hydrogens is 223 g/mol. The minimum Gasteiger partial charge on any atom is -0.379 e. The number of unbranched alkanes of at least 4 members (excludes halogenated alkanes) is 1. The summed E-state index contributed by atoms with van der Waals surface area (Å²) in [6.07, 6.45) is -3.50. The molecule has 3 nitrogen and oxygen atoms in total. The third-order valence-electron chi connectivity index (χ3n) is 1.93. The van der Waals surface area contributed by atoms with Gasteiger partial charge in [-0.15, -0.1) is 0 Å². The number of hydrogen-bond donors (Lipinski definition) is 0. The first-order valence-corrected chi connectivity index (χ1v) is 5.19. The molecule has 0 atom stereocenters. The zero-order valence-corrected chi connectivity index (χ0v) is 9.80. The smallest absolute Gasteiger partial charge is 0.379 e. The molecule has 0 N–H and O–H groups in total. The molecule has 96 valence electrons. The predicted octanol–water partition coefficient (Wildman–Crippen LogP) is 2.21. The summed E-state index contributed by atoms with van der Waals surface area (Å²) in [5.74, 6) is -1.79. The van der Waals surface area contributed by atoms with Gasteiger partial charge in [0.2, 0.25) is 0 Å². The lowest BCUT2D eigenvalue weighted by molar-refractivity contribution is -0.184. The Kier molecular flexibility index (Phi) is 6.40. The van der Waals surface area contributed by atoms with E-state index in [1.807, 2.05) is 13.8 Å². The number of carbonyl (C=O) groups is 1. The predicted molar refractivity (Wildman–Crippen MR) is 54.0 cm³/mol. The molecule has 1 amide bonds. The highest BCUT2D eigenvalue weighted by Crippen LogP contribution is 2.17. The van der Waals surface area contributed by atoms with Gasteiger partial charge in [-0.1, -0.05) is 0 Å². The summed E-state index contributed by atoms with van der Waals surface area (Å²) < 4.78 is 41.1. The van der Waals surface area contributed by atoms with Crippen LogP contribution >= 0.6 is 0 Å². The van der Waals surface area contributed by atoms with Crippen molar-refractivity contribution in [1.82, 2.24) is 4.90 Å². The Morgan fingerprint density at radius 1 is 1.31 bits per heavy atom. The average Bonchev–Trinajstić information content (AvgIpc) is 2.13. The van der Waals surface area contributed by atoms with E-state index in [1.54, 1.807) is 0 Å². The first-order valence-electron chi connectivity index (χ1n) is 5.19. The van der Waals surface area contributed by atoms with Crippen LogP contribution in [0, 0.1) is 0 Å². The molecule has 0 aliphatic heterocycles. The lowest BCUT2D eigenvalue weighted by Crippen LogP contribution is -2.38.